The summed E-state index contributed by atoms with van der Waals surface area (Å²) in [7, 11) is 11.5. The Bertz CT molecular complexity index is 581. The van der Waals surface area contributed by atoms with E-state index >= 15 is 0 Å². The maximum absolute atomic E-state index is 5.75. The van der Waals surface area contributed by atoms with Crippen molar-refractivity contribution in [2.24, 2.45) is 0 Å². The summed E-state index contributed by atoms with van der Waals surface area (Å²) in [5.74, 6) is 1.99. The molecule has 26 heavy (non-hydrogen) atoms. The highest BCUT2D eigenvalue weighted by Gasteiger charge is 2.50. The van der Waals surface area contributed by atoms with Gasteiger partial charge in [-0.3, -0.25) is 0 Å². The van der Waals surface area contributed by atoms with Crippen LogP contribution in [0.3, 0.4) is 0 Å². The lowest BCUT2D eigenvalue weighted by atomic mass is 10.7. The highest BCUT2D eigenvalue weighted by atomic mass is 32.4. The number of hydrogen-bond acceptors (Lipinski definition) is 7. The van der Waals surface area contributed by atoms with Gasteiger partial charge in [0.15, 0.2) is 0 Å². The minimum absolute atomic E-state index is 0.664. The third-order valence-electron chi connectivity index (χ3n) is 4.18. The van der Waals surface area contributed by atoms with Crippen molar-refractivity contribution >= 4 is 36.1 Å². The number of nitrogens with zero attached hydrogens (tertiary/aromatic N) is 9. The van der Waals surface area contributed by atoms with E-state index in [1.807, 2.05) is 57.0 Å². The Morgan fingerprint density at radius 3 is 1.00 bits per heavy atom. The average molecular weight is 400 g/mol. The lowest BCUT2D eigenvalue weighted by Gasteiger charge is -2.25. The van der Waals surface area contributed by atoms with Crippen LogP contribution in [0.2, 0.25) is 0 Å². The molecule has 0 radical (unpaired) electrons. The van der Waals surface area contributed by atoms with Crippen molar-refractivity contribution in [1.82, 2.24) is 29.0 Å². The predicted molar refractivity (Wildman–Crippen MR) is 112 cm³/mol. The molecular weight excluding hydrogens is 369 g/mol. The van der Waals surface area contributed by atoms with Crippen molar-refractivity contribution in [1.29, 1.82) is 0 Å². The zero-order valence-corrected chi connectivity index (χ0v) is 18.3. The van der Waals surface area contributed by atoms with Crippen LogP contribution in [0.5, 0.6) is 0 Å². The molecule has 0 atom stereocenters. The fraction of sp³-hybridized carbons (Fsp3) is 0.800. The van der Waals surface area contributed by atoms with Gasteiger partial charge in [-0.25, -0.2) is 14.0 Å². The summed E-state index contributed by atoms with van der Waals surface area (Å²) in [4.78, 5) is 18.5. The van der Waals surface area contributed by atoms with Crippen LogP contribution < -0.4 is 14.7 Å². The lowest BCUT2D eigenvalue weighted by Crippen LogP contribution is -2.22. The first-order valence-electron chi connectivity index (χ1n) is 8.88. The van der Waals surface area contributed by atoms with Crippen molar-refractivity contribution in [3.63, 3.8) is 0 Å². The summed E-state index contributed by atoms with van der Waals surface area (Å²) in [6, 6.07) is 0. The predicted octanol–water partition coefficient (Wildman–Crippen LogP) is 0.227. The summed E-state index contributed by atoms with van der Waals surface area (Å²) in [5, 5.41) is 0. The van der Waals surface area contributed by atoms with Crippen LogP contribution >= 0.6 is 6.49 Å². The van der Waals surface area contributed by atoms with Gasteiger partial charge in [0.25, 0.3) is 0 Å². The molecule has 11 heteroatoms. The van der Waals surface area contributed by atoms with E-state index in [2.05, 4.69) is 29.0 Å². The van der Waals surface area contributed by atoms with Gasteiger partial charge in [-0.2, -0.15) is 15.0 Å². The Morgan fingerprint density at radius 2 is 0.846 bits per heavy atom. The first-order chi connectivity index (χ1) is 12.2. The molecule has 0 aromatic carbocycles. The molecule has 3 fully saturated rings. The molecule has 3 aliphatic rings. The first-order valence-corrected chi connectivity index (χ1v) is 11.5. The van der Waals surface area contributed by atoms with Gasteiger partial charge in [0.2, 0.25) is 17.8 Å². The second kappa shape index (κ2) is 7.52. The van der Waals surface area contributed by atoms with Crippen LogP contribution in [0, 0.1) is 0 Å². The molecule has 0 amide bonds. The van der Waals surface area contributed by atoms with Crippen molar-refractivity contribution in [3.8, 4) is 0 Å². The Kier molecular flexibility index (Phi) is 5.69. The Balaban J connectivity index is 0.000000156. The van der Waals surface area contributed by atoms with Crippen LogP contribution in [0.15, 0.2) is 0 Å². The SMILES string of the molecule is CN(C)c1nc(N(C)C)nc(N(C)C)n1.S=P(N1CC1)(N1CC1)N1CC1. The van der Waals surface area contributed by atoms with Gasteiger partial charge < -0.3 is 14.7 Å². The first kappa shape index (κ1) is 19.7. The number of aromatic nitrogens is 3. The van der Waals surface area contributed by atoms with Crippen LogP contribution in [0.1, 0.15) is 0 Å². The second-order valence-electron chi connectivity index (χ2n) is 7.29. The van der Waals surface area contributed by atoms with E-state index in [4.69, 9.17) is 11.8 Å². The van der Waals surface area contributed by atoms with Gasteiger partial charge in [-0.1, -0.05) is 0 Å². The van der Waals surface area contributed by atoms with E-state index < -0.39 is 6.49 Å². The minimum atomic E-state index is -1.27. The van der Waals surface area contributed by atoms with E-state index in [0.29, 0.717) is 17.8 Å². The summed E-state index contributed by atoms with van der Waals surface area (Å²) in [6.45, 7) is 6.26. The van der Waals surface area contributed by atoms with E-state index in [9.17, 15) is 0 Å². The Hall–Kier alpha value is -1.06. The number of rotatable bonds is 6. The van der Waals surface area contributed by atoms with Crippen LogP contribution in [-0.4, -0.2) is 111 Å². The third-order valence-corrected chi connectivity index (χ3v) is 9.67. The standard InChI is InChI=1S/C9H18N6.C6H12N3PS/c1-13(2)7-10-8(14(3)4)12-9(11-7)15(5)6;11-10(7-1-2-7,8-3-4-8)9-5-6-9/h1-6H3;1-6H2. The molecule has 0 N–H and O–H groups in total. The zero-order valence-electron chi connectivity index (χ0n) is 16.6. The molecule has 146 valence electrons. The summed E-state index contributed by atoms with van der Waals surface area (Å²) >= 11 is 5.75. The molecule has 4 rings (SSSR count). The molecule has 4 heterocycles. The smallest absolute Gasteiger partial charge is 0.231 e. The van der Waals surface area contributed by atoms with Gasteiger partial charge in [0.1, 0.15) is 6.49 Å². The second-order valence-corrected chi connectivity index (χ2v) is 11.5. The van der Waals surface area contributed by atoms with Gasteiger partial charge in [-0.05, 0) is 11.8 Å². The highest BCUT2D eigenvalue weighted by Crippen LogP contribution is 2.65. The maximum Gasteiger partial charge on any atom is 0.231 e. The highest BCUT2D eigenvalue weighted by molar-refractivity contribution is 8.11. The van der Waals surface area contributed by atoms with Crippen LogP contribution in [-0.2, 0) is 11.8 Å². The molecule has 0 saturated carbocycles. The van der Waals surface area contributed by atoms with E-state index in [0.717, 1.165) is 0 Å². The van der Waals surface area contributed by atoms with E-state index in [-0.39, 0.29) is 0 Å². The molecule has 3 aliphatic heterocycles. The van der Waals surface area contributed by atoms with Gasteiger partial charge in [0.05, 0.1) is 0 Å². The summed E-state index contributed by atoms with van der Waals surface area (Å²) < 4.78 is 7.47. The fourth-order valence-electron chi connectivity index (χ4n) is 2.40. The lowest BCUT2D eigenvalue weighted by molar-refractivity contribution is 0.697. The van der Waals surface area contributed by atoms with Crippen molar-refractivity contribution in [2.75, 3.05) is 96.3 Å². The maximum atomic E-state index is 5.75. The third kappa shape index (κ3) is 4.43. The van der Waals surface area contributed by atoms with Gasteiger partial charge >= 0.3 is 0 Å². The monoisotopic (exact) mass is 399 g/mol. The molecule has 0 spiro atoms. The molecule has 1 aromatic heterocycles. The molecule has 0 bridgehead atoms. The zero-order chi connectivity index (χ0) is 19.1. The van der Waals surface area contributed by atoms with Gasteiger partial charge in [0, 0.05) is 81.6 Å². The Labute approximate surface area is 161 Å². The largest absolute Gasteiger partial charge is 0.347 e. The minimum Gasteiger partial charge on any atom is -0.347 e. The quantitative estimate of drug-likeness (QED) is 0.491. The fourth-order valence-corrected chi connectivity index (χ4v) is 6.77. The molecule has 9 nitrogen and oxygen atoms in total. The molecule has 1 aromatic rings. The number of anilines is 3. The molecule has 0 unspecified atom stereocenters. The van der Waals surface area contributed by atoms with Gasteiger partial charge in [-0.15, -0.1) is 0 Å². The van der Waals surface area contributed by atoms with Crippen molar-refractivity contribution in [2.45, 2.75) is 0 Å². The summed E-state index contributed by atoms with van der Waals surface area (Å²) in [6.07, 6.45) is 0. The van der Waals surface area contributed by atoms with E-state index in [1.54, 1.807) is 0 Å². The molecule has 3 saturated heterocycles. The number of hydrogen-bond donors (Lipinski definition) is 0. The van der Waals surface area contributed by atoms with E-state index in [1.165, 1.54) is 39.3 Å². The van der Waals surface area contributed by atoms with Crippen LogP contribution in [0.25, 0.3) is 0 Å². The topological polar surface area (TPSA) is 57.4 Å². The average Bonchev–Trinajstić information content (AvgIpc) is 3.46. The van der Waals surface area contributed by atoms with Crippen LogP contribution in [0.4, 0.5) is 17.8 Å². The normalized spacial score (nSPS) is 19.5. The van der Waals surface area contributed by atoms with Crippen molar-refractivity contribution < 1.29 is 0 Å². The van der Waals surface area contributed by atoms with Crippen molar-refractivity contribution in [3.05, 3.63) is 0 Å². The Morgan fingerprint density at radius 1 is 0.615 bits per heavy atom. The molecule has 0 aliphatic carbocycles. The molecular formula is C15H30N9PS. The summed E-state index contributed by atoms with van der Waals surface area (Å²) in [5.41, 5.74) is 0.